The molecule has 1 aromatic heterocycles. The molecule has 0 saturated heterocycles. The summed E-state index contributed by atoms with van der Waals surface area (Å²) in [6.45, 7) is 1.96. The molecule has 2 atom stereocenters. The number of aliphatic hydroxyl groups excluding tert-OH is 1. The van der Waals surface area contributed by atoms with Crippen LogP contribution < -0.4 is 10.6 Å². The topological polar surface area (TPSA) is 116 Å². The van der Waals surface area contributed by atoms with Gasteiger partial charge in [-0.05, 0) is 13.0 Å². The first-order valence-corrected chi connectivity index (χ1v) is 5.91. The number of aliphatic hydroxyl groups is 1. The molecule has 8 nitrogen and oxygen atoms in total. The van der Waals surface area contributed by atoms with Gasteiger partial charge >= 0.3 is 12.0 Å². The predicted octanol–water partition coefficient (Wildman–Crippen LogP) is -0.594. The Morgan fingerprint density at radius 2 is 2.16 bits per heavy atom. The van der Waals surface area contributed by atoms with Gasteiger partial charge in [0.2, 0.25) is 0 Å². The fourth-order valence-electron chi connectivity index (χ4n) is 1.54. The van der Waals surface area contributed by atoms with Gasteiger partial charge in [0.1, 0.15) is 6.04 Å². The van der Waals surface area contributed by atoms with Crippen molar-refractivity contribution in [2.75, 3.05) is 6.61 Å². The SMILES string of the molecule is CC(Cn1cccn1)NC(=O)N[C@H](CCO)C(=O)O. The molecule has 0 aliphatic rings. The lowest BCUT2D eigenvalue weighted by Crippen LogP contribution is -2.49. The monoisotopic (exact) mass is 270 g/mol. The van der Waals surface area contributed by atoms with Crippen LogP contribution in [-0.2, 0) is 11.3 Å². The van der Waals surface area contributed by atoms with E-state index in [1.807, 2.05) is 0 Å². The minimum atomic E-state index is -1.18. The Kier molecular flexibility index (Phi) is 5.80. The molecule has 0 aromatic carbocycles. The fraction of sp³-hybridized carbons (Fsp3) is 0.545. The third-order valence-corrected chi connectivity index (χ3v) is 2.42. The normalized spacial score (nSPS) is 13.6. The summed E-state index contributed by atoms with van der Waals surface area (Å²) in [5.41, 5.74) is 0. The van der Waals surface area contributed by atoms with Gasteiger partial charge in [0, 0.05) is 31.5 Å². The number of rotatable bonds is 7. The second-order valence-corrected chi connectivity index (χ2v) is 4.15. The second kappa shape index (κ2) is 7.37. The quantitative estimate of drug-likeness (QED) is 0.528. The molecular formula is C11H18N4O4. The van der Waals surface area contributed by atoms with Crippen LogP contribution in [0, 0.1) is 0 Å². The van der Waals surface area contributed by atoms with Crippen LogP contribution in [0.4, 0.5) is 4.79 Å². The Morgan fingerprint density at radius 1 is 1.42 bits per heavy atom. The third-order valence-electron chi connectivity index (χ3n) is 2.42. The number of hydrogen-bond acceptors (Lipinski definition) is 4. The van der Waals surface area contributed by atoms with Crippen LogP contribution in [-0.4, -0.2) is 50.7 Å². The van der Waals surface area contributed by atoms with Crippen molar-refractivity contribution in [3.63, 3.8) is 0 Å². The van der Waals surface area contributed by atoms with Crippen LogP contribution in [0.1, 0.15) is 13.3 Å². The molecule has 1 heterocycles. The first kappa shape index (κ1) is 15.0. The molecule has 1 unspecified atom stereocenters. The molecule has 2 amide bonds. The Morgan fingerprint density at radius 3 is 2.68 bits per heavy atom. The summed E-state index contributed by atoms with van der Waals surface area (Å²) < 4.78 is 1.66. The Labute approximate surface area is 110 Å². The van der Waals surface area contributed by atoms with Gasteiger partial charge in [0.25, 0.3) is 0 Å². The number of carboxylic acids is 1. The highest BCUT2D eigenvalue weighted by Crippen LogP contribution is 1.93. The predicted molar refractivity (Wildman–Crippen MR) is 66.5 cm³/mol. The number of hydrogen-bond donors (Lipinski definition) is 4. The minimum Gasteiger partial charge on any atom is -0.480 e. The molecule has 0 bridgehead atoms. The average Bonchev–Trinajstić information content (AvgIpc) is 2.80. The van der Waals surface area contributed by atoms with Crippen LogP contribution in [0.3, 0.4) is 0 Å². The lowest BCUT2D eigenvalue weighted by atomic mass is 10.2. The summed E-state index contributed by atoms with van der Waals surface area (Å²) in [6, 6.07) is -0.111. The highest BCUT2D eigenvalue weighted by Gasteiger charge is 2.19. The van der Waals surface area contributed by atoms with E-state index in [4.69, 9.17) is 10.2 Å². The van der Waals surface area contributed by atoms with E-state index in [0.717, 1.165) is 0 Å². The number of nitrogens with zero attached hydrogens (tertiary/aromatic N) is 2. The molecule has 0 aliphatic carbocycles. The summed E-state index contributed by atoms with van der Waals surface area (Å²) in [7, 11) is 0. The smallest absolute Gasteiger partial charge is 0.326 e. The van der Waals surface area contributed by atoms with E-state index in [0.29, 0.717) is 6.54 Å². The molecule has 1 aromatic rings. The number of carbonyl (C=O) groups excluding carboxylic acids is 1. The van der Waals surface area contributed by atoms with E-state index in [9.17, 15) is 9.59 Å². The van der Waals surface area contributed by atoms with E-state index in [-0.39, 0.29) is 19.1 Å². The van der Waals surface area contributed by atoms with Gasteiger partial charge in [-0.25, -0.2) is 9.59 Å². The van der Waals surface area contributed by atoms with Crippen LogP contribution >= 0.6 is 0 Å². The Hall–Kier alpha value is -2.09. The summed E-state index contributed by atoms with van der Waals surface area (Å²) >= 11 is 0. The van der Waals surface area contributed by atoms with Crippen LogP contribution in [0.25, 0.3) is 0 Å². The first-order valence-electron chi connectivity index (χ1n) is 5.91. The first-order chi connectivity index (χ1) is 9.02. The van der Waals surface area contributed by atoms with E-state index in [2.05, 4.69) is 15.7 Å². The number of carboxylic acid groups (broad SMARTS) is 1. The number of urea groups is 1. The number of amides is 2. The van der Waals surface area contributed by atoms with Gasteiger partial charge in [-0.15, -0.1) is 0 Å². The van der Waals surface area contributed by atoms with Crippen molar-refractivity contribution in [3.8, 4) is 0 Å². The molecule has 0 radical (unpaired) electrons. The van der Waals surface area contributed by atoms with E-state index < -0.39 is 18.0 Å². The lowest BCUT2D eigenvalue weighted by molar-refractivity contribution is -0.139. The number of nitrogens with one attached hydrogen (secondary N) is 2. The Balaban J connectivity index is 2.38. The number of aromatic nitrogens is 2. The zero-order chi connectivity index (χ0) is 14.3. The summed E-state index contributed by atoms with van der Waals surface area (Å²) in [4.78, 5) is 22.4. The van der Waals surface area contributed by atoms with Gasteiger partial charge in [-0.1, -0.05) is 0 Å². The van der Waals surface area contributed by atoms with E-state index in [1.165, 1.54) is 0 Å². The van der Waals surface area contributed by atoms with Gasteiger partial charge in [-0.3, -0.25) is 4.68 Å². The minimum absolute atomic E-state index is 0.0315. The standard InChI is InChI=1S/C11H18N4O4/c1-8(7-15-5-2-4-12-15)13-11(19)14-9(3-6-16)10(17)18/h2,4-5,8-9,16H,3,6-7H2,1H3,(H,17,18)(H2,13,14,19)/t8?,9-/m1/s1. The van der Waals surface area contributed by atoms with E-state index >= 15 is 0 Å². The molecule has 0 spiro atoms. The van der Waals surface area contributed by atoms with Crippen molar-refractivity contribution in [3.05, 3.63) is 18.5 Å². The highest BCUT2D eigenvalue weighted by molar-refractivity contribution is 5.82. The van der Waals surface area contributed by atoms with Crippen molar-refractivity contribution in [2.45, 2.75) is 32.0 Å². The second-order valence-electron chi connectivity index (χ2n) is 4.15. The van der Waals surface area contributed by atoms with Crippen molar-refractivity contribution >= 4 is 12.0 Å². The maximum atomic E-state index is 11.6. The lowest BCUT2D eigenvalue weighted by Gasteiger charge is -2.17. The van der Waals surface area contributed by atoms with Crippen LogP contribution in [0.2, 0.25) is 0 Å². The van der Waals surface area contributed by atoms with Crippen LogP contribution in [0.5, 0.6) is 0 Å². The zero-order valence-electron chi connectivity index (χ0n) is 10.6. The Bertz CT molecular complexity index is 407. The molecular weight excluding hydrogens is 252 g/mol. The largest absolute Gasteiger partial charge is 0.480 e. The molecule has 0 fully saturated rings. The number of aliphatic carboxylic acids is 1. The van der Waals surface area contributed by atoms with Crippen LogP contribution in [0.15, 0.2) is 18.5 Å². The average molecular weight is 270 g/mol. The molecule has 4 N–H and O–H groups in total. The maximum Gasteiger partial charge on any atom is 0.326 e. The van der Waals surface area contributed by atoms with Gasteiger partial charge in [0.05, 0.1) is 6.54 Å². The van der Waals surface area contributed by atoms with Crippen molar-refractivity contribution < 1.29 is 19.8 Å². The molecule has 106 valence electrons. The van der Waals surface area contributed by atoms with Crippen molar-refractivity contribution in [1.82, 2.24) is 20.4 Å². The number of carbonyl (C=O) groups is 2. The van der Waals surface area contributed by atoms with Crippen molar-refractivity contribution in [2.24, 2.45) is 0 Å². The third kappa shape index (κ3) is 5.38. The van der Waals surface area contributed by atoms with Gasteiger partial charge in [0.15, 0.2) is 0 Å². The zero-order valence-corrected chi connectivity index (χ0v) is 10.6. The molecule has 0 saturated carbocycles. The van der Waals surface area contributed by atoms with Gasteiger partial charge < -0.3 is 20.8 Å². The highest BCUT2D eigenvalue weighted by atomic mass is 16.4. The summed E-state index contributed by atoms with van der Waals surface area (Å²) in [5, 5.41) is 26.4. The molecule has 19 heavy (non-hydrogen) atoms. The summed E-state index contributed by atoms with van der Waals surface area (Å²) in [5.74, 6) is -1.18. The molecule has 8 heteroatoms. The van der Waals surface area contributed by atoms with E-state index in [1.54, 1.807) is 30.1 Å². The fourth-order valence-corrected chi connectivity index (χ4v) is 1.54. The van der Waals surface area contributed by atoms with Gasteiger partial charge in [-0.2, -0.15) is 5.10 Å². The molecule has 0 aliphatic heterocycles. The molecule has 1 rings (SSSR count). The maximum absolute atomic E-state index is 11.6. The summed E-state index contributed by atoms with van der Waals surface area (Å²) in [6.07, 6.45) is 3.37. The van der Waals surface area contributed by atoms with Crippen molar-refractivity contribution in [1.29, 1.82) is 0 Å².